The highest BCUT2D eigenvalue weighted by Crippen LogP contribution is 2.25. The SMILES string of the molecule is CC[C@H](C)[C@H](NC(=O)c1cn(CC2CCCCC2)cc(C(=O)N(C)C)c1=O)C(=O)OC. The Morgan fingerprint density at radius 1 is 1.16 bits per heavy atom. The molecule has 8 nitrogen and oxygen atoms in total. The average Bonchev–Trinajstić information content (AvgIpc) is 2.77. The van der Waals surface area contributed by atoms with Crippen molar-refractivity contribution in [2.45, 2.75) is 65.0 Å². The summed E-state index contributed by atoms with van der Waals surface area (Å²) in [5.74, 6) is -1.43. The molecule has 0 radical (unpaired) electrons. The van der Waals surface area contributed by atoms with E-state index < -0.39 is 29.3 Å². The van der Waals surface area contributed by atoms with Crippen LogP contribution in [-0.2, 0) is 16.1 Å². The number of hydrogen-bond acceptors (Lipinski definition) is 5. The maximum atomic E-state index is 13.0. The normalized spacial score (nSPS) is 16.3. The Kier molecular flexibility index (Phi) is 8.83. The number of carbonyl (C=O) groups excluding carboxylic acids is 3. The van der Waals surface area contributed by atoms with Crippen molar-refractivity contribution < 1.29 is 19.1 Å². The monoisotopic (exact) mass is 433 g/mol. The van der Waals surface area contributed by atoms with Gasteiger partial charge in [-0.1, -0.05) is 39.5 Å². The van der Waals surface area contributed by atoms with Crippen LogP contribution in [0, 0.1) is 11.8 Å². The van der Waals surface area contributed by atoms with Gasteiger partial charge in [0, 0.05) is 33.0 Å². The molecule has 1 aromatic rings. The third kappa shape index (κ3) is 6.18. The molecule has 0 spiro atoms. The van der Waals surface area contributed by atoms with Crippen molar-refractivity contribution >= 4 is 17.8 Å². The van der Waals surface area contributed by atoms with E-state index >= 15 is 0 Å². The predicted octanol–water partition coefficient (Wildman–Crippen LogP) is 2.45. The minimum Gasteiger partial charge on any atom is -0.467 e. The molecule has 0 aromatic carbocycles. The van der Waals surface area contributed by atoms with Crippen molar-refractivity contribution in [3.63, 3.8) is 0 Å². The van der Waals surface area contributed by atoms with Crippen LogP contribution in [0.1, 0.15) is 73.1 Å². The summed E-state index contributed by atoms with van der Waals surface area (Å²) in [4.78, 5) is 52.2. The number of amides is 2. The van der Waals surface area contributed by atoms with Crippen LogP contribution < -0.4 is 10.7 Å². The second kappa shape index (κ2) is 11.1. The van der Waals surface area contributed by atoms with Gasteiger partial charge >= 0.3 is 5.97 Å². The van der Waals surface area contributed by atoms with Gasteiger partial charge < -0.3 is 19.5 Å². The van der Waals surface area contributed by atoms with Gasteiger partial charge in [0.05, 0.1) is 7.11 Å². The lowest BCUT2D eigenvalue weighted by Crippen LogP contribution is -2.47. The number of rotatable bonds is 8. The molecule has 2 atom stereocenters. The van der Waals surface area contributed by atoms with E-state index in [0.717, 1.165) is 25.7 Å². The van der Waals surface area contributed by atoms with Crippen LogP contribution in [0.4, 0.5) is 0 Å². The quantitative estimate of drug-likeness (QED) is 0.635. The number of ether oxygens (including phenoxy) is 1. The second-order valence-electron chi connectivity index (χ2n) is 8.67. The smallest absolute Gasteiger partial charge is 0.328 e. The molecule has 2 rings (SSSR count). The first-order valence-corrected chi connectivity index (χ1v) is 11.0. The summed E-state index contributed by atoms with van der Waals surface area (Å²) in [6.07, 6.45) is 9.42. The lowest BCUT2D eigenvalue weighted by atomic mass is 9.89. The summed E-state index contributed by atoms with van der Waals surface area (Å²) in [6, 6.07) is -0.873. The van der Waals surface area contributed by atoms with E-state index in [2.05, 4.69) is 5.32 Å². The highest BCUT2D eigenvalue weighted by molar-refractivity contribution is 6.00. The molecule has 1 aliphatic rings. The van der Waals surface area contributed by atoms with Gasteiger partial charge in [-0.2, -0.15) is 0 Å². The van der Waals surface area contributed by atoms with E-state index in [4.69, 9.17) is 4.74 Å². The Labute approximate surface area is 183 Å². The zero-order valence-corrected chi connectivity index (χ0v) is 19.3. The Bertz CT molecular complexity index is 855. The zero-order valence-electron chi connectivity index (χ0n) is 19.3. The van der Waals surface area contributed by atoms with Gasteiger partial charge in [0.2, 0.25) is 5.43 Å². The van der Waals surface area contributed by atoms with Crippen LogP contribution in [0.5, 0.6) is 0 Å². The lowest BCUT2D eigenvalue weighted by molar-refractivity contribution is -0.144. The summed E-state index contributed by atoms with van der Waals surface area (Å²) in [7, 11) is 4.39. The van der Waals surface area contributed by atoms with Crippen molar-refractivity contribution in [3.05, 3.63) is 33.7 Å². The Morgan fingerprint density at radius 2 is 1.77 bits per heavy atom. The van der Waals surface area contributed by atoms with Crippen LogP contribution in [0.3, 0.4) is 0 Å². The summed E-state index contributed by atoms with van der Waals surface area (Å²) in [6.45, 7) is 4.37. The van der Waals surface area contributed by atoms with Crippen molar-refractivity contribution in [2.24, 2.45) is 11.8 Å². The number of pyridine rings is 1. The number of hydrogen-bond donors (Lipinski definition) is 1. The van der Waals surface area contributed by atoms with Gasteiger partial charge in [-0.15, -0.1) is 0 Å². The summed E-state index contributed by atoms with van der Waals surface area (Å²) < 4.78 is 6.60. The van der Waals surface area contributed by atoms with Gasteiger partial charge in [0.1, 0.15) is 17.2 Å². The standard InChI is InChI=1S/C23H35N3O5/c1-6-15(2)19(23(30)31-5)24-21(28)17-13-26(12-16-10-8-7-9-11-16)14-18(20(17)27)22(29)25(3)4/h13-16,19H,6-12H2,1-5H3,(H,24,28)/t15-,19-/m0/s1. The van der Waals surface area contributed by atoms with Gasteiger partial charge in [0.25, 0.3) is 11.8 Å². The summed E-state index contributed by atoms with van der Waals surface area (Å²) in [5, 5.41) is 2.65. The molecule has 1 heterocycles. The molecule has 1 aromatic heterocycles. The Hall–Kier alpha value is -2.64. The molecular formula is C23H35N3O5. The molecule has 1 saturated carbocycles. The molecule has 8 heteroatoms. The van der Waals surface area contributed by atoms with Crippen molar-refractivity contribution in [1.82, 2.24) is 14.8 Å². The molecule has 1 aliphatic carbocycles. The van der Waals surface area contributed by atoms with Crippen LogP contribution in [-0.4, -0.2) is 54.5 Å². The van der Waals surface area contributed by atoms with Crippen molar-refractivity contribution in [3.8, 4) is 0 Å². The highest BCUT2D eigenvalue weighted by Gasteiger charge is 2.29. The topological polar surface area (TPSA) is 97.7 Å². The fraction of sp³-hybridized carbons (Fsp3) is 0.652. The van der Waals surface area contributed by atoms with E-state index in [-0.39, 0.29) is 17.0 Å². The van der Waals surface area contributed by atoms with E-state index in [1.165, 1.54) is 24.6 Å². The molecule has 0 unspecified atom stereocenters. The fourth-order valence-electron chi connectivity index (χ4n) is 3.97. The van der Waals surface area contributed by atoms with Crippen molar-refractivity contribution in [2.75, 3.05) is 21.2 Å². The molecule has 2 amide bonds. The van der Waals surface area contributed by atoms with Gasteiger partial charge in [-0.05, 0) is 24.7 Å². The minimum atomic E-state index is -0.873. The van der Waals surface area contributed by atoms with Crippen LogP contribution in [0.15, 0.2) is 17.2 Å². The van der Waals surface area contributed by atoms with Gasteiger partial charge in [0.15, 0.2) is 0 Å². The lowest BCUT2D eigenvalue weighted by Gasteiger charge is -2.24. The number of methoxy groups -OCH3 is 1. The maximum absolute atomic E-state index is 13.0. The molecule has 1 fully saturated rings. The molecule has 31 heavy (non-hydrogen) atoms. The highest BCUT2D eigenvalue weighted by atomic mass is 16.5. The minimum absolute atomic E-state index is 0.0494. The number of carbonyl (C=O) groups is 3. The first kappa shape index (κ1) is 24.6. The fourth-order valence-corrected chi connectivity index (χ4v) is 3.97. The van der Waals surface area contributed by atoms with Crippen LogP contribution in [0.2, 0.25) is 0 Å². The second-order valence-corrected chi connectivity index (χ2v) is 8.67. The van der Waals surface area contributed by atoms with Crippen molar-refractivity contribution in [1.29, 1.82) is 0 Å². The summed E-state index contributed by atoms with van der Waals surface area (Å²) in [5.41, 5.74) is -0.823. The first-order chi connectivity index (χ1) is 14.7. The maximum Gasteiger partial charge on any atom is 0.328 e. The van der Waals surface area contributed by atoms with E-state index in [1.807, 2.05) is 13.8 Å². The Balaban J connectivity index is 2.43. The third-order valence-corrected chi connectivity index (χ3v) is 6.11. The Morgan fingerprint density at radius 3 is 2.32 bits per heavy atom. The number of aromatic nitrogens is 1. The average molecular weight is 434 g/mol. The molecule has 0 aliphatic heterocycles. The molecule has 172 valence electrons. The zero-order chi connectivity index (χ0) is 23.1. The van der Waals surface area contributed by atoms with E-state index in [0.29, 0.717) is 18.9 Å². The number of nitrogens with zero attached hydrogens (tertiary/aromatic N) is 2. The molecular weight excluding hydrogens is 398 g/mol. The molecule has 1 N–H and O–H groups in total. The third-order valence-electron chi connectivity index (χ3n) is 6.11. The van der Waals surface area contributed by atoms with E-state index in [9.17, 15) is 19.2 Å². The van der Waals surface area contributed by atoms with Gasteiger partial charge in [-0.25, -0.2) is 4.79 Å². The molecule has 0 saturated heterocycles. The summed E-state index contributed by atoms with van der Waals surface area (Å²) >= 11 is 0. The first-order valence-electron chi connectivity index (χ1n) is 11.0. The van der Waals surface area contributed by atoms with E-state index in [1.54, 1.807) is 24.9 Å². The van der Waals surface area contributed by atoms with Crippen LogP contribution >= 0.6 is 0 Å². The predicted molar refractivity (Wildman–Crippen MR) is 118 cm³/mol. The van der Waals surface area contributed by atoms with Crippen LogP contribution in [0.25, 0.3) is 0 Å². The molecule has 0 bridgehead atoms. The number of esters is 1. The van der Waals surface area contributed by atoms with Gasteiger partial charge in [-0.3, -0.25) is 14.4 Å². The number of nitrogens with one attached hydrogen (secondary N) is 1. The largest absolute Gasteiger partial charge is 0.467 e.